The summed E-state index contributed by atoms with van der Waals surface area (Å²) >= 11 is 0. The van der Waals surface area contributed by atoms with E-state index in [1.165, 1.54) is 41.6 Å². The molecule has 0 N–H and O–H groups in total. The van der Waals surface area contributed by atoms with Crippen LogP contribution in [0, 0.1) is 6.92 Å². The molecule has 3 heterocycles. The van der Waals surface area contributed by atoms with Gasteiger partial charge in [-0.05, 0) is 72.6 Å². The molecule has 1 saturated carbocycles. The molecule has 0 spiro atoms. The van der Waals surface area contributed by atoms with Crippen molar-refractivity contribution < 1.29 is 4.74 Å². The Morgan fingerprint density at radius 3 is 2.28 bits per heavy atom. The van der Waals surface area contributed by atoms with Crippen molar-refractivity contribution in [2.75, 3.05) is 43.1 Å². The van der Waals surface area contributed by atoms with E-state index in [0.717, 1.165) is 61.2 Å². The standard InChI is InChI=1S/C32H40N6O/c1-22-9-10-24(32(2,3)4)19-23(22)20-28-29-30(33-21-38(29)26-7-6-8-26)35-31(34-28)37-17-15-36(16-18-37)25-11-13-27(39-5)14-12-25/h9-14,19,21,26H,6-8,15-18,20H2,1-5H3. The number of aromatic nitrogens is 4. The molecule has 0 amide bonds. The zero-order valence-corrected chi connectivity index (χ0v) is 23.9. The monoisotopic (exact) mass is 524 g/mol. The molecule has 7 heteroatoms. The van der Waals surface area contributed by atoms with Crippen LogP contribution in [0.5, 0.6) is 5.75 Å². The number of ether oxygens (including phenoxy) is 1. The summed E-state index contributed by atoms with van der Waals surface area (Å²) in [6.45, 7) is 12.6. The van der Waals surface area contributed by atoms with Crippen molar-refractivity contribution in [1.82, 2.24) is 19.5 Å². The number of hydrogen-bond acceptors (Lipinski definition) is 6. The van der Waals surface area contributed by atoms with E-state index in [9.17, 15) is 0 Å². The summed E-state index contributed by atoms with van der Waals surface area (Å²) in [5.74, 6) is 1.69. The van der Waals surface area contributed by atoms with Gasteiger partial charge in [-0.1, -0.05) is 39.0 Å². The molecule has 7 nitrogen and oxygen atoms in total. The third kappa shape index (κ3) is 5.07. The molecule has 2 aromatic carbocycles. The molecule has 2 fully saturated rings. The number of fused-ring (bicyclic) bond motifs is 1. The molecule has 1 aliphatic carbocycles. The topological polar surface area (TPSA) is 59.3 Å². The van der Waals surface area contributed by atoms with Crippen LogP contribution < -0.4 is 14.5 Å². The number of benzene rings is 2. The molecular formula is C32H40N6O. The number of anilines is 2. The van der Waals surface area contributed by atoms with Crippen molar-refractivity contribution in [3.63, 3.8) is 0 Å². The van der Waals surface area contributed by atoms with Gasteiger partial charge in [0.05, 0.1) is 19.1 Å². The zero-order chi connectivity index (χ0) is 27.1. The second-order valence-corrected chi connectivity index (χ2v) is 12.1. The van der Waals surface area contributed by atoms with Crippen LogP contribution in [0.4, 0.5) is 11.6 Å². The fourth-order valence-electron chi connectivity index (χ4n) is 5.68. The molecule has 4 aromatic rings. The summed E-state index contributed by atoms with van der Waals surface area (Å²) in [6, 6.07) is 15.7. The largest absolute Gasteiger partial charge is 0.497 e. The van der Waals surface area contributed by atoms with E-state index in [4.69, 9.17) is 19.7 Å². The smallest absolute Gasteiger partial charge is 0.227 e. The van der Waals surface area contributed by atoms with Gasteiger partial charge in [0.25, 0.3) is 0 Å². The van der Waals surface area contributed by atoms with E-state index in [0.29, 0.717) is 6.04 Å². The number of aryl methyl sites for hydroxylation is 1. The number of rotatable bonds is 6. The third-order valence-corrected chi connectivity index (χ3v) is 8.53. The van der Waals surface area contributed by atoms with Crippen molar-refractivity contribution >= 4 is 22.8 Å². The first-order chi connectivity index (χ1) is 18.8. The number of nitrogens with zero attached hydrogens (tertiary/aromatic N) is 6. The minimum Gasteiger partial charge on any atom is -0.497 e. The molecule has 39 heavy (non-hydrogen) atoms. The van der Waals surface area contributed by atoms with E-state index in [-0.39, 0.29) is 5.41 Å². The van der Waals surface area contributed by atoms with Crippen molar-refractivity contribution in [1.29, 1.82) is 0 Å². The van der Waals surface area contributed by atoms with E-state index in [2.05, 4.69) is 72.4 Å². The number of hydrogen-bond donors (Lipinski definition) is 0. The Labute approximate surface area is 231 Å². The summed E-state index contributed by atoms with van der Waals surface area (Å²) in [4.78, 5) is 19.8. The van der Waals surface area contributed by atoms with Gasteiger partial charge < -0.3 is 19.1 Å². The highest BCUT2D eigenvalue weighted by atomic mass is 16.5. The number of imidazole rings is 1. The summed E-state index contributed by atoms with van der Waals surface area (Å²) in [7, 11) is 1.71. The molecule has 0 unspecified atom stereocenters. The van der Waals surface area contributed by atoms with E-state index in [1.54, 1.807) is 7.11 Å². The summed E-state index contributed by atoms with van der Waals surface area (Å²) in [5.41, 5.74) is 8.34. The molecular weight excluding hydrogens is 484 g/mol. The Morgan fingerprint density at radius 1 is 0.923 bits per heavy atom. The Morgan fingerprint density at radius 2 is 1.64 bits per heavy atom. The van der Waals surface area contributed by atoms with Gasteiger partial charge >= 0.3 is 0 Å². The maximum atomic E-state index is 5.33. The lowest BCUT2D eigenvalue weighted by atomic mass is 9.84. The Kier molecular flexibility index (Phi) is 6.69. The molecule has 2 aliphatic rings. The zero-order valence-electron chi connectivity index (χ0n) is 23.9. The van der Waals surface area contributed by atoms with Gasteiger partial charge in [0.1, 0.15) is 11.3 Å². The highest BCUT2D eigenvalue weighted by Crippen LogP contribution is 2.36. The first-order valence-corrected chi connectivity index (χ1v) is 14.3. The van der Waals surface area contributed by atoms with Gasteiger partial charge in [0, 0.05) is 44.3 Å². The number of piperazine rings is 1. The maximum Gasteiger partial charge on any atom is 0.227 e. The van der Waals surface area contributed by atoms with Gasteiger partial charge in [-0.25, -0.2) is 9.97 Å². The summed E-state index contributed by atoms with van der Waals surface area (Å²) in [6.07, 6.45) is 6.48. The van der Waals surface area contributed by atoms with Gasteiger partial charge in [-0.3, -0.25) is 0 Å². The van der Waals surface area contributed by atoms with Crippen LogP contribution >= 0.6 is 0 Å². The Balaban J connectivity index is 1.31. The van der Waals surface area contributed by atoms with Crippen LogP contribution in [0.1, 0.15) is 68.5 Å². The average molecular weight is 525 g/mol. The van der Waals surface area contributed by atoms with Crippen LogP contribution in [0.25, 0.3) is 11.2 Å². The molecule has 1 aliphatic heterocycles. The predicted octanol–water partition coefficient (Wildman–Crippen LogP) is 6.08. The van der Waals surface area contributed by atoms with Crippen molar-refractivity contribution in [3.05, 3.63) is 71.2 Å². The van der Waals surface area contributed by atoms with Crippen molar-refractivity contribution in [2.24, 2.45) is 0 Å². The first-order valence-electron chi connectivity index (χ1n) is 14.3. The fraction of sp³-hybridized carbons (Fsp3) is 0.469. The quantitative estimate of drug-likeness (QED) is 0.305. The fourth-order valence-corrected chi connectivity index (χ4v) is 5.68. The lowest BCUT2D eigenvalue weighted by Gasteiger charge is -2.36. The minimum absolute atomic E-state index is 0.103. The van der Waals surface area contributed by atoms with E-state index >= 15 is 0 Å². The van der Waals surface area contributed by atoms with Gasteiger partial charge in [0.15, 0.2) is 5.65 Å². The highest BCUT2D eigenvalue weighted by molar-refractivity contribution is 5.76. The Hall–Kier alpha value is -3.61. The average Bonchev–Trinajstić information content (AvgIpc) is 3.32. The normalized spacial score (nSPS) is 16.5. The number of methoxy groups -OCH3 is 1. The molecule has 2 aromatic heterocycles. The highest BCUT2D eigenvalue weighted by Gasteiger charge is 2.27. The lowest BCUT2D eigenvalue weighted by Crippen LogP contribution is -2.47. The Bertz CT molecular complexity index is 1460. The maximum absolute atomic E-state index is 5.33. The van der Waals surface area contributed by atoms with Crippen LogP contribution in [-0.2, 0) is 11.8 Å². The molecule has 0 bridgehead atoms. The second-order valence-electron chi connectivity index (χ2n) is 12.1. The molecule has 6 rings (SSSR count). The summed E-state index contributed by atoms with van der Waals surface area (Å²) < 4.78 is 7.68. The summed E-state index contributed by atoms with van der Waals surface area (Å²) in [5, 5.41) is 0. The van der Waals surface area contributed by atoms with Crippen LogP contribution in [-0.4, -0.2) is 52.8 Å². The van der Waals surface area contributed by atoms with Gasteiger partial charge in [0.2, 0.25) is 5.95 Å². The molecule has 204 valence electrons. The van der Waals surface area contributed by atoms with Gasteiger partial charge in [-0.2, -0.15) is 4.98 Å². The second kappa shape index (κ2) is 10.2. The molecule has 1 saturated heterocycles. The first kappa shape index (κ1) is 25.7. The lowest BCUT2D eigenvalue weighted by molar-refractivity contribution is 0.320. The predicted molar refractivity (Wildman–Crippen MR) is 158 cm³/mol. The molecule has 0 atom stereocenters. The van der Waals surface area contributed by atoms with Crippen molar-refractivity contribution in [2.45, 2.75) is 64.8 Å². The van der Waals surface area contributed by atoms with Gasteiger partial charge in [-0.15, -0.1) is 0 Å². The van der Waals surface area contributed by atoms with E-state index in [1.807, 2.05) is 18.5 Å². The van der Waals surface area contributed by atoms with Crippen molar-refractivity contribution in [3.8, 4) is 5.75 Å². The van der Waals surface area contributed by atoms with E-state index < -0.39 is 0 Å². The van der Waals surface area contributed by atoms with Crippen LogP contribution in [0.15, 0.2) is 48.8 Å². The SMILES string of the molecule is COc1ccc(N2CCN(c3nc(Cc4cc(C(C)(C)C)ccc4C)c4c(ncn4C4CCC4)n3)CC2)cc1. The van der Waals surface area contributed by atoms with Crippen LogP contribution in [0.2, 0.25) is 0 Å². The third-order valence-electron chi connectivity index (χ3n) is 8.53. The minimum atomic E-state index is 0.103. The van der Waals surface area contributed by atoms with Crippen LogP contribution in [0.3, 0.4) is 0 Å². The molecule has 0 radical (unpaired) electrons.